The number of ether oxygens (including phenoxy) is 1. The molecular formula is C13H12BrClO3. The average molecular weight is 332 g/mol. The zero-order chi connectivity index (χ0) is 13.5. The van der Waals surface area contributed by atoms with Crippen molar-refractivity contribution in [3.05, 3.63) is 45.4 Å². The van der Waals surface area contributed by atoms with Crippen LogP contribution in [0, 0.1) is 0 Å². The maximum atomic E-state index is 10.5. The number of para-hydroxylation sites is 1. The van der Waals surface area contributed by atoms with E-state index in [1.165, 1.54) is 11.6 Å². The van der Waals surface area contributed by atoms with Crippen LogP contribution in [-0.2, 0) is 4.79 Å². The number of carbonyl (C=O) groups is 1. The van der Waals surface area contributed by atoms with E-state index in [4.69, 9.17) is 21.4 Å². The molecule has 1 rings (SSSR count). The third kappa shape index (κ3) is 4.55. The summed E-state index contributed by atoms with van der Waals surface area (Å²) in [6, 6.07) is 5.41. The number of benzene rings is 1. The van der Waals surface area contributed by atoms with Crippen molar-refractivity contribution in [2.24, 2.45) is 0 Å². The molecule has 0 heterocycles. The van der Waals surface area contributed by atoms with Crippen molar-refractivity contribution >= 4 is 39.6 Å². The van der Waals surface area contributed by atoms with Crippen molar-refractivity contribution in [2.45, 2.75) is 6.92 Å². The van der Waals surface area contributed by atoms with Crippen LogP contribution >= 0.6 is 27.5 Å². The first kappa shape index (κ1) is 14.8. The quantitative estimate of drug-likeness (QED) is 0.827. The molecule has 0 aliphatic carbocycles. The Kier molecular flexibility index (Phi) is 5.95. The van der Waals surface area contributed by atoms with E-state index in [2.05, 4.69) is 15.9 Å². The first-order valence-electron chi connectivity index (χ1n) is 5.12. The summed E-state index contributed by atoms with van der Waals surface area (Å²) < 4.78 is 6.37. The number of hydrogen-bond donors (Lipinski definition) is 1. The molecule has 0 unspecified atom stereocenters. The average Bonchev–Trinajstić information content (AvgIpc) is 2.34. The molecular weight excluding hydrogens is 319 g/mol. The molecule has 5 heteroatoms. The minimum atomic E-state index is -1.00. The van der Waals surface area contributed by atoms with E-state index in [0.717, 1.165) is 16.1 Å². The Morgan fingerprint density at radius 2 is 2.28 bits per heavy atom. The van der Waals surface area contributed by atoms with Gasteiger partial charge in [0, 0.05) is 17.2 Å². The highest BCUT2D eigenvalue weighted by Crippen LogP contribution is 2.30. The van der Waals surface area contributed by atoms with Gasteiger partial charge in [-0.3, -0.25) is 0 Å². The summed E-state index contributed by atoms with van der Waals surface area (Å²) in [6.07, 6.45) is 2.56. The molecule has 0 radical (unpaired) electrons. The molecule has 0 spiro atoms. The molecule has 0 fully saturated rings. The van der Waals surface area contributed by atoms with Crippen molar-refractivity contribution < 1.29 is 14.6 Å². The van der Waals surface area contributed by atoms with Gasteiger partial charge in [-0.15, -0.1) is 0 Å². The molecule has 18 heavy (non-hydrogen) atoms. The number of rotatable bonds is 5. The van der Waals surface area contributed by atoms with Gasteiger partial charge in [0.2, 0.25) is 0 Å². The highest BCUT2D eigenvalue weighted by Gasteiger charge is 2.06. The number of hydrogen-bond acceptors (Lipinski definition) is 2. The van der Waals surface area contributed by atoms with E-state index >= 15 is 0 Å². The fourth-order valence-electron chi connectivity index (χ4n) is 1.19. The van der Waals surface area contributed by atoms with Crippen LogP contribution in [0.15, 0.2) is 39.9 Å². The van der Waals surface area contributed by atoms with Gasteiger partial charge in [-0.05, 0) is 40.6 Å². The van der Waals surface area contributed by atoms with Crippen molar-refractivity contribution in [3.8, 4) is 5.75 Å². The van der Waals surface area contributed by atoms with Crippen LogP contribution < -0.4 is 4.74 Å². The Morgan fingerprint density at radius 3 is 2.89 bits per heavy atom. The van der Waals surface area contributed by atoms with Gasteiger partial charge >= 0.3 is 5.97 Å². The summed E-state index contributed by atoms with van der Waals surface area (Å²) in [7, 11) is 0. The van der Waals surface area contributed by atoms with Gasteiger partial charge < -0.3 is 9.84 Å². The first-order valence-corrected chi connectivity index (χ1v) is 6.35. The van der Waals surface area contributed by atoms with Crippen LogP contribution in [0.25, 0.3) is 6.08 Å². The lowest BCUT2D eigenvalue weighted by atomic mass is 10.2. The van der Waals surface area contributed by atoms with Crippen LogP contribution in [0.5, 0.6) is 5.75 Å². The summed E-state index contributed by atoms with van der Waals surface area (Å²) in [4.78, 5) is 10.5. The van der Waals surface area contributed by atoms with Gasteiger partial charge in [0.15, 0.2) is 0 Å². The lowest BCUT2D eigenvalue weighted by molar-refractivity contribution is -0.131. The predicted molar refractivity (Wildman–Crippen MR) is 75.9 cm³/mol. The van der Waals surface area contributed by atoms with Gasteiger partial charge in [-0.2, -0.15) is 0 Å². The van der Waals surface area contributed by atoms with Crippen molar-refractivity contribution in [3.63, 3.8) is 0 Å². The Bertz CT molecular complexity index is 495. The Labute approximate surface area is 119 Å². The first-order chi connectivity index (χ1) is 8.54. The highest BCUT2D eigenvalue weighted by molar-refractivity contribution is 9.10. The molecule has 3 nitrogen and oxygen atoms in total. The largest absolute Gasteiger partial charge is 0.487 e. The zero-order valence-electron chi connectivity index (χ0n) is 9.69. The molecule has 1 aromatic carbocycles. The SMILES string of the molecule is C/C(=C/Cl)COc1c(Br)cccc1/C=C/C(=O)O. The third-order valence-electron chi connectivity index (χ3n) is 2.03. The van der Waals surface area contributed by atoms with E-state index in [-0.39, 0.29) is 0 Å². The normalized spacial score (nSPS) is 11.8. The summed E-state index contributed by atoms with van der Waals surface area (Å²) >= 11 is 8.92. The summed E-state index contributed by atoms with van der Waals surface area (Å²) in [6.45, 7) is 2.19. The summed E-state index contributed by atoms with van der Waals surface area (Å²) in [5.41, 5.74) is 3.01. The molecule has 0 bridgehead atoms. The van der Waals surface area contributed by atoms with Crippen molar-refractivity contribution in [1.29, 1.82) is 0 Å². The van der Waals surface area contributed by atoms with Gasteiger partial charge in [-0.1, -0.05) is 23.7 Å². The summed E-state index contributed by atoms with van der Waals surface area (Å²) in [5.74, 6) is -0.411. The molecule has 0 amide bonds. The fraction of sp³-hybridized carbons (Fsp3) is 0.154. The van der Waals surface area contributed by atoms with Crippen LogP contribution in [0.4, 0.5) is 0 Å². The van der Waals surface area contributed by atoms with Crippen molar-refractivity contribution in [1.82, 2.24) is 0 Å². The molecule has 0 saturated heterocycles. The summed E-state index contributed by atoms with van der Waals surface area (Å²) in [5, 5.41) is 8.63. The molecule has 0 aliphatic rings. The van der Waals surface area contributed by atoms with Crippen molar-refractivity contribution in [2.75, 3.05) is 6.61 Å². The van der Waals surface area contributed by atoms with E-state index in [1.54, 1.807) is 6.07 Å². The topological polar surface area (TPSA) is 46.5 Å². The van der Waals surface area contributed by atoms with E-state index in [1.807, 2.05) is 19.1 Å². The second-order valence-corrected chi connectivity index (χ2v) is 4.65. The van der Waals surface area contributed by atoms with E-state index in [9.17, 15) is 4.79 Å². The highest BCUT2D eigenvalue weighted by atomic mass is 79.9. The molecule has 0 aromatic heterocycles. The van der Waals surface area contributed by atoms with Gasteiger partial charge in [-0.25, -0.2) is 4.79 Å². The van der Waals surface area contributed by atoms with Crippen LogP contribution in [0.3, 0.4) is 0 Å². The lowest BCUT2D eigenvalue weighted by Crippen LogP contribution is -2.00. The number of halogens is 2. The minimum Gasteiger partial charge on any atom is -0.487 e. The lowest BCUT2D eigenvalue weighted by Gasteiger charge is -2.11. The van der Waals surface area contributed by atoms with Crippen LogP contribution in [0.2, 0.25) is 0 Å². The van der Waals surface area contributed by atoms with E-state index in [0.29, 0.717) is 17.9 Å². The fourth-order valence-corrected chi connectivity index (χ4v) is 1.75. The van der Waals surface area contributed by atoms with Crippen LogP contribution in [-0.4, -0.2) is 17.7 Å². The zero-order valence-corrected chi connectivity index (χ0v) is 12.0. The molecule has 1 N–H and O–H groups in total. The predicted octanol–water partition coefficient (Wildman–Crippen LogP) is 4.07. The van der Waals surface area contributed by atoms with E-state index < -0.39 is 5.97 Å². The second kappa shape index (κ2) is 7.24. The molecule has 0 saturated carbocycles. The van der Waals surface area contributed by atoms with Gasteiger partial charge in [0.1, 0.15) is 12.4 Å². The molecule has 0 atom stereocenters. The number of aliphatic carboxylic acids is 1. The molecule has 0 aliphatic heterocycles. The molecule has 1 aromatic rings. The monoisotopic (exact) mass is 330 g/mol. The van der Waals surface area contributed by atoms with Gasteiger partial charge in [0.05, 0.1) is 4.47 Å². The molecule has 96 valence electrons. The Balaban J connectivity index is 2.97. The smallest absolute Gasteiger partial charge is 0.328 e. The standard InChI is InChI=1S/C13H12BrClO3/c1-9(7-15)8-18-13-10(5-6-12(16)17)3-2-4-11(13)14/h2-7H,8H2,1H3,(H,16,17)/b6-5+,9-7-. The third-order valence-corrected chi connectivity index (χ3v) is 3.03. The maximum absolute atomic E-state index is 10.5. The van der Waals surface area contributed by atoms with Gasteiger partial charge in [0.25, 0.3) is 0 Å². The maximum Gasteiger partial charge on any atom is 0.328 e. The Hall–Kier alpha value is -1.26. The second-order valence-electron chi connectivity index (χ2n) is 3.57. The number of carboxylic acid groups (broad SMARTS) is 1. The minimum absolute atomic E-state index is 0.347. The number of carboxylic acids is 1. The Morgan fingerprint density at radius 1 is 1.56 bits per heavy atom. The van der Waals surface area contributed by atoms with Crippen LogP contribution in [0.1, 0.15) is 12.5 Å².